The van der Waals surface area contributed by atoms with Gasteiger partial charge in [0.25, 0.3) is 0 Å². The lowest BCUT2D eigenvalue weighted by molar-refractivity contribution is -0.274. The summed E-state index contributed by atoms with van der Waals surface area (Å²) in [4.78, 5) is 28.8. The number of hydrogen-bond donors (Lipinski definition) is 1. The lowest BCUT2D eigenvalue weighted by Gasteiger charge is -2.40. The number of para-hydroxylation sites is 1. The third-order valence-corrected chi connectivity index (χ3v) is 8.95. The Kier molecular flexibility index (Phi) is 6.83. The van der Waals surface area contributed by atoms with E-state index in [2.05, 4.69) is 9.89 Å². The van der Waals surface area contributed by atoms with E-state index in [4.69, 9.17) is 9.26 Å². The molecule has 2 atom stereocenters. The number of hydrogen-bond acceptors (Lipinski definition) is 6. The number of carbonyl (C=O) groups excluding carboxylic acids is 1. The molecule has 4 heterocycles. The molecule has 3 aliphatic heterocycles. The maximum Gasteiger partial charge on any atom is 0.573 e. The summed E-state index contributed by atoms with van der Waals surface area (Å²) in [6.07, 6.45) is -0.0940. The van der Waals surface area contributed by atoms with Gasteiger partial charge in [-0.2, -0.15) is 0 Å². The van der Waals surface area contributed by atoms with E-state index in [1.165, 1.54) is 18.2 Å². The Balaban J connectivity index is 1.04. The number of amides is 2. The van der Waals surface area contributed by atoms with Gasteiger partial charge in [0.2, 0.25) is 0 Å². The quantitative estimate of drug-likeness (QED) is 0.333. The standard InChI is InChI=1S/C31H30F3N3O6/c32-31(33,34)42-26-4-2-1-3-24(26)27-25(28(43-35-27)17-5-6-17)16-41-23-12-21-9-10-22(13-23)37(21)30(40)36-14-19-8-7-18(29(38)39)11-20(19)15-36/h1-4,7-8,11,17,21-23H,5-6,9-10,12-16H2,(H,38,39). The second-order valence-electron chi connectivity index (χ2n) is 11.8. The number of nitrogens with zero attached hydrogens (tertiary/aromatic N) is 3. The third kappa shape index (κ3) is 5.44. The molecule has 3 fully saturated rings. The zero-order valence-electron chi connectivity index (χ0n) is 23.2. The van der Waals surface area contributed by atoms with Crippen LogP contribution in [0.4, 0.5) is 18.0 Å². The number of rotatable bonds is 7. The molecule has 1 saturated carbocycles. The molecule has 2 aromatic carbocycles. The number of carboxylic acid groups (broad SMARTS) is 1. The predicted octanol–water partition coefficient (Wildman–Crippen LogP) is 6.46. The highest BCUT2D eigenvalue weighted by molar-refractivity contribution is 5.88. The second kappa shape index (κ2) is 10.6. The smallest absolute Gasteiger partial charge is 0.478 e. The van der Waals surface area contributed by atoms with E-state index in [1.54, 1.807) is 29.2 Å². The van der Waals surface area contributed by atoms with Gasteiger partial charge >= 0.3 is 18.4 Å². The Labute approximate surface area is 245 Å². The zero-order chi connectivity index (χ0) is 29.9. The van der Waals surface area contributed by atoms with Crippen LogP contribution < -0.4 is 4.74 Å². The van der Waals surface area contributed by atoms with Crippen molar-refractivity contribution in [2.24, 2.45) is 0 Å². The summed E-state index contributed by atoms with van der Waals surface area (Å²) in [6.45, 7) is 0.963. The van der Waals surface area contributed by atoms with Gasteiger partial charge in [0.05, 0.1) is 18.3 Å². The van der Waals surface area contributed by atoms with E-state index in [9.17, 15) is 27.9 Å². The number of ether oxygens (including phenoxy) is 2. The molecule has 1 N–H and O–H groups in total. The fourth-order valence-corrected chi connectivity index (χ4v) is 6.82. The number of carbonyl (C=O) groups is 2. The van der Waals surface area contributed by atoms with Crippen LogP contribution in [0.1, 0.15) is 77.3 Å². The number of benzene rings is 2. The Morgan fingerprint density at radius 3 is 2.42 bits per heavy atom. The minimum Gasteiger partial charge on any atom is -0.478 e. The predicted molar refractivity (Wildman–Crippen MR) is 145 cm³/mol. The maximum atomic E-state index is 13.6. The van der Waals surface area contributed by atoms with Crippen molar-refractivity contribution in [3.8, 4) is 17.0 Å². The van der Waals surface area contributed by atoms with Crippen LogP contribution in [0.3, 0.4) is 0 Å². The van der Waals surface area contributed by atoms with E-state index in [1.807, 2.05) is 4.90 Å². The number of aromatic carboxylic acids is 1. The normalized spacial score (nSPS) is 23.0. The minimum absolute atomic E-state index is 0.0142. The molecule has 1 aromatic heterocycles. The number of alkyl halides is 3. The van der Waals surface area contributed by atoms with Gasteiger partial charge in [-0.15, -0.1) is 13.2 Å². The van der Waals surface area contributed by atoms with Crippen molar-refractivity contribution in [3.05, 3.63) is 70.5 Å². The van der Waals surface area contributed by atoms with E-state index in [0.29, 0.717) is 37.3 Å². The maximum absolute atomic E-state index is 13.6. The van der Waals surface area contributed by atoms with Gasteiger partial charge in [0, 0.05) is 42.2 Å². The Morgan fingerprint density at radius 1 is 1.00 bits per heavy atom. The monoisotopic (exact) mass is 597 g/mol. The molecule has 12 heteroatoms. The van der Waals surface area contributed by atoms with Crippen LogP contribution in [0.2, 0.25) is 0 Å². The summed E-state index contributed by atoms with van der Waals surface area (Å²) >= 11 is 0. The van der Waals surface area contributed by atoms with Gasteiger partial charge in [0.1, 0.15) is 17.2 Å². The van der Waals surface area contributed by atoms with Gasteiger partial charge in [-0.3, -0.25) is 0 Å². The molecular weight excluding hydrogens is 567 g/mol. The highest BCUT2D eigenvalue weighted by atomic mass is 19.4. The number of fused-ring (bicyclic) bond motifs is 3. The second-order valence-corrected chi connectivity index (χ2v) is 11.8. The van der Waals surface area contributed by atoms with Crippen molar-refractivity contribution in [2.45, 2.75) is 88.7 Å². The van der Waals surface area contributed by atoms with Gasteiger partial charge in [-0.25, -0.2) is 9.59 Å². The summed E-state index contributed by atoms with van der Waals surface area (Å²) in [5, 5.41) is 13.5. The molecule has 2 bridgehead atoms. The van der Waals surface area contributed by atoms with E-state index in [-0.39, 0.29) is 59.3 Å². The van der Waals surface area contributed by atoms with E-state index in [0.717, 1.165) is 36.8 Å². The molecule has 226 valence electrons. The first-order valence-corrected chi connectivity index (χ1v) is 14.5. The fourth-order valence-electron chi connectivity index (χ4n) is 6.82. The van der Waals surface area contributed by atoms with Crippen molar-refractivity contribution in [1.82, 2.24) is 15.0 Å². The number of halogens is 3. The number of carboxylic acids is 1. The summed E-state index contributed by atoms with van der Waals surface area (Å²) in [5.74, 6) is -0.525. The molecule has 3 aromatic rings. The number of piperidine rings is 1. The highest BCUT2D eigenvalue weighted by Gasteiger charge is 2.46. The first kappa shape index (κ1) is 27.8. The number of aromatic nitrogens is 1. The topological polar surface area (TPSA) is 105 Å². The lowest BCUT2D eigenvalue weighted by Crippen LogP contribution is -2.52. The van der Waals surface area contributed by atoms with Gasteiger partial charge < -0.3 is 28.9 Å². The van der Waals surface area contributed by atoms with Crippen LogP contribution in [0.5, 0.6) is 5.75 Å². The highest BCUT2D eigenvalue weighted by Crippen LogP contribution is 2.46. The average molecular weight is 598 g/mol. The summed E-state index contributed by atoms with van der Waals surface area (Å²) in [7, 11) is 0. The van der Waals surface area contributed by atoms with Gasteiger partial charge in [0.15, 0.2) is 0 Å². The van der Waals surface area contributed by atoms with Crippen molar-refractivity contribution in [2.75, 3.05) is 0 Å². The summed E-state index contributed by atoms with van der Waals surface area (Å²) < 4.78 is 55.7. The van der Waals surface area contributed by atoms with Crippen molar-refractivity contribution in [1.29, 1.82) is 0 Å². The average Bonchev–Trinajstić information content (AvgIpc) is 3.48. The first-order valence-electron chi connectivity index (χ1n) is 14.5. The number of urea groups is 1. The van der Waals surface area contributed by atoms with E-state index >= 15 is 0 Å². The Bertz CT molecular complexity index is 1550. The van der Waals surface area contributed by atoms with Crippen LogP contribution >= 0.6 is 0 Å². The molecule has 9 nitrogen and oxygen atoms in total. The van der Waals surface area contributed by atoms with Crippen LogP contribution in [-0.4, -0.2) is 56.6 Å². The minimum atomic E-state index is -4.85. The Hall–Kier alpha value is -4.06. The van der Waals surface area contributed by atoms with Crippen LogP contribution in [0, 0.1) is 0 Å². The lowest BCUT2D eigenvalue weighted by atomic mass is 9.99. The molecule has 1 aliphatic carbocycles. The molecule has 2 amide bonds. The van der Waals surface area contributed by atoms with Crippen molar-refractivity contribution < 1.29 is 41.9 Å². The summed E-state index contributed by atoms with van der Waals surface area (Å²) in [6, 6.07) is 10.9. The van der Waals surface area contributed by atoms with Crippen molar-refractivity contribution in [3.63, 3.8) is 0 Å². The SMILES string of the molecule is O=C(O)c1ccc2c(c1)CN(C(=O)N1C3CCC1CC(OCc1c(-c4ccccc4OC(F)(F)F)noc1C1CC1)C3)C2. The van der Waals surface area contributed by atoms with Crippen LogP contribution in [-0.2, 0) is 24.4 Å². The van der Waals surface area contributed by atoms with Crippen LogP contribution in [0.25, 0.3) is 11.3 Å². The largest absolute Gasteiger partial charge is 0.573 e. The molecule has 7 rings (SSSR count). The van der Waals surface area contributed by atoms with Crippen molar-refractivity contribution >= 4 is 12.0 Å². The van der Waals surface area contributed by atoms with Crippen LogP contribution in [0.15, 0.2) is 47.0 Å². The van der Waals surface area contributed by atoms with Gasteiger partial charge in [-0.05, 0) is 73.9 Å². The molecule has 2 saturated heterocycles. The molecule has 0 radical (unpaired) electrons. The Morgan fingerprint density at radius 2 is 1.72 bits per heavy atom. The third-order valence-electron chi connectivity index (χ3n) is 8.95. The first-order chi connectivity index (χ1) is 20.6. The fraction of sp³-hybridized carbons (Fsp3) is 0.452. The zero-order valence-corrected chi connectivity index (χ0v) is 23.2. The molecule has 43 heavy (non-hydrogen) atoms. The molecule has 2 unspecified atom stereocenters. The molecule has 0 spiro atoms. The summed E-state index contributed by atoms with van der Waals surface area (Å²) in [5.41, 5.74) is 3.15. The molecule has 4 aliphatic rings. The van der Waals surface area contributed by atoms with E-state index < -0.39 is 12.3 Å². The molecular formula is C31H30F3N3O6. The van der Waals surface area contributed by atoms with Gasteiger partial charge in [-0.1, -0.05) is 23.4 Å².